The lowest BCUT2D eigenvalue weighted by Gasteiger charge is -2.35. The van der Waals surface area contributed by atoms with Gasteiger partial charge in [0.25, 0.3) is 5.91 Å². The van der Waals surface area contributed by atoms with E-state index in [9.17, 15) is 27.6 Å². The van der Waals surface area contributed by atoms with Crippen LogP contribution in [0.4, 0.5) is 4.79 Å². The van der Waals surface area contributed by atoms with Crippen molar-refractivity contribution in [1.29, 1.82) is 0 Å². The number of oxime groups is 1. The van der Waals surface area contributed by atoms with Crippen LogP contribution in [0.15, 0.2) is 60.8 Å². The van der Waals surface area contributed by atoms with Gasteiger partial charge in [-0.15, -0.1) is 6.58 Å². The van der Waals surface area contributed by atoms with Crippen LogP contribution in [-0.2, 0) is 34.0 Å². The number of ether oxygens (including phenoxy) is 1. The first-order valence-electron chi connectivity index (χ1n) is 18.2. The van der Waals surface area contributed by atoms with Crippen LogP contribution < -0.4 is 15.4 Å². The first kappa shape index (κ1) is 38.0. The number of alkyl carbamates (subject to hydrolysis) is 1. The van der Waals surface area contributed by atoms with Gasteiger partial charge in [0.05, 0.1) is 30.0 Å². The Morgan fingerprint density at radius 1 is 1.11 bits per heavy atom. The number of carbonyl (C=O) groups excluding carboxylic acids is 4. The Labute approximate surface area is 310 Å². The fraction of sp³-hybridized carbons (Fsp3) is 0.568. The lowest BCUT2D eigenvalue weighted by molar-refractivity contribution is -0.143. The molecule has 4 aliphatic rings. The number of sulfonamides is 1. The Morgan fingerprint density at radius 3 is 2.51 bits per heavy atom. The van der Waals surface area contributed by atoms with Crippen molar-refractivity contribution < 1.29 is 37.2 Å². The molecule has 3 saturated carbocycles. The normalized spacial score (nSPS) is 25.1. The van der Waals surface area contributed by atoms with E-state index in [-0.39, 0.29) is 31.4 Å². The number of nitrogens with one attached hydrogen (secondary N) is 3. The molecule has 15 nitrogen and oxygen atoms in total. The minimum atomic E-state index is -3.89. The first-order chi connectivity index (χ1) is 25.2. The highest BCUT2D eigenvalue weighted by Crippen LogP contribution is 2.47. The smallest absolute Gasteiger partial charge is 0.408 e. The van der Waals surface area contributed by atoms with Crippen LogP contribution in [0, 0.1) is 11.3 Å². The number of amides is 4. The van der Waals surface area contributed by atoms with E-state index in [1.54, 1.807) is 45.6 Å². The molecule has 2 heterocycles. The predicted octanol–water partition coefficient (Wildman–Crippen LogP) is 3.34. The Kier molecular flexibility index (Phi) is 11.0. The van der Waals surface area contributed by atoms with Crippen LogP contribution in [0.5, 0.6) is 0 Å². The average molecular weight is 752 g/mol. The van der Waals surface area contributed by atoms with Gasteiger partial charge in [-0.1, -0.05) is 50.2 Å². The van der Waals surface area contributed by atoms with E-state index in [1.807, 2.05) is 28.8 Å². The van der Waals surface area contributed by atoms with Crippen LogP contribution in [0.1, 0.15) is 84.1 Å². The molecule has 3 N–H and O–H groups in total. The number of para-hydroxylation sites is 1. The maximum absolute atomic E-state index is 14.4. The van der Waals surface area contributed by atoms with Crippen LogP contribution in [0.25, 0.3) is 5.69 Å². The van der Waals surface area contributed by atoms with Crippen LogP contribution in [-0.4, -0.2) is 94.5 Å². The number of aromatic nitrogens is 2. The fourth-order valence-electron chi connectivity index (χ4n) is 7.19. The number of hydrogen-bond donors (Lipinski definition) is 3. The molecule has 0 bridgehead atoms. The fourth-order valence-corrected chi connectivity index (χ4v) is 8.55. The third-order valence-electron chi connectivity index (χ3n) is 10.4. The molecule has 53 heavy (non-hydrogen) atoms. The van der Waals surface area contributed by atoms with E-state index in [2.05, 4.69) is 32.1 Å². The number of likely N-dealkylation sites (tertiary alicyclic amines) is 1. The Morgan fingerprint density at radius 2 is 1.85 bits per heavy atom. The molecule has 3 aliphatic carbocycles. The largest absolute Gasteiger partial charge is 0.446 e. The van der Waals surface area contributed by atoms with Gasteiger partial charge in [0, 0.05) is 24.4 Å². The summed E-state index contributed by atoms with van der Waals surface area (Å²) >= 11 is 0. The van der Waals surface area contributed by atoms with Crippen molar-refractivity contribution in [2.75, 3.05) is 6.54 Å². The second-order valence-electron chi connectivity index (χ2n) is 15.5. The van der Waals surface area contributed by atoms with Gasteiger partial charge in [-0.25, -0.2) is 18.2 Å². The highest BCUT2D eigenvalue weighted by molar-refractivity contribution is 7.91. The maximum atomic E-state index is 14.4. The average Bonchev–Trinajstić information content (AvgIpc) is 3.83. The quantitative estimate of drug-likeness (QED) is 0.148. The number of imidazole rings is 1. The molecule has 5 atom stereocenters. The molecule has 1 aliphatic heterocycles. The number of carbonyl (C=O) groups is 4. The molecule has 16 heteroatoms. The molecule has 1 aromatic heterocycles. The summed E-state index contributed by atoms with van der Waals surface area (Å²) in [6.07, 6.45) is 11.6. The predicted molar refractivity (Wildman–Crippen MR) is 195 cm³/mol. The first-order valence-corrected chi connectivity index (χ1v) is 19.8. The summed E-state index contributed by atoms with van der Waals surface area (Å²) in [7, 11) is -3.89. The van der Waals surface area contributed by atoms with Crippen molar-refractivity contribution in [3.8, 4) is 5.69 Å². The van der Waals surface area contributed by atoms with Gasteiger partial charge in [-0.05, 0) is 68.8 Å². The Hall–Kier alpha value is -4.73. The molecular formula is C37H49N7O8S. The molecule has 0 radical (unpaired) electrons. The summed E-state index contributed by atoms with van der Waals surface area (Å²) in [4.78, 5) is 66.7. The van der Waals surface area contributed by atoms with Gasteiger partial charge in [0.1, 0.15) is 29.8 Å². The minimum absolute atomic E-state index is 0.0195. The second-order valence-corrected chi connectivity index (χ2v) is 17.5. The highest BCUT2D eigenvalue weighted by atomic mass is 32.2. The zero-order valence-electron chi connectivity index (χ0n) is 30.4. The third-order valence-corrected chi connectivity index (χ3v) is 12.2. The standard InChI is InChI=1S/C37H49N7O8S/c1-5-10-25-20-37(25,34(47)42-53(49,50)28-15-16-28)41-32(45)30-19-27(52-39-21-24-11-6-9-14-29(24)43-18-17-38-23-43)22-44(30)33(46)31(36(2,3)4)40-35(48)51-26-12-7-8-13-26/h5-6,9,11,14,17-18,21,23,25-28,30-31H,1,7-8,10,12-13,15-16,19-20,22H2,2-4H3,(H,40,48)(H,41,45)(H,42,47)/b39-21+/t25-,27-,30+,31-,37-/m1/s1. The summed E-state index contributed by atoms with van der Waals surface area (Å²) in [6, 6.07) is 5.29. The molecular weight excluding hydrogens is 703 g/mol. The SMILES string of the molecule is C=CC[C@@H]1C[C@]1(NC(=O)[C@@H]1C[C@@H](O/N=C/c2ccccc2-n2ccnc2)CN1C(=O)[C@@H](NC(=O)OC1CCCC1)C(C)(C)C)C(=O)NS(=O)(=O)C1CC1. The second kappa shape index (κ2) is 15.3. The molecule has 286 valence electrons. The minimum Gasteiger partial charge on any atom is -0.446 e. The third kappa shape index (κ3) is 8.74. The zero-order valence-corrected chi connectivity index (χ0v) is 31.2. The summed E-state index contributed by atoms with van der Waals surface area (Å²) in [5.74, 6) is -2.37. The number of hydrogen-bond acceptors (Lipinski definition) is 10. The summed E-state index contributed by atoms with van der Waals surface area (Å²) in [5, 5.41) is 9.19. The molecule has 2 aromatic rings. The maximum Gasteiger partial charge on any atom is 0.408 e. The molecule has 0 unspecified atom stereocenters. The number of rotatable bonds is 14. The van der Waals surface area contributed by atoms with Crippen molar-refractivity contribution >= 4 is 40.1 Å². The van der Waals surface area contributed by atoms with Crippen LogP contribution in [0.3, 0.4) is 0 Å². The van der Waals surface area contributed by atoms with E-state index < -0.39 is 68.2 Å². The van der Waals surface area contributed by atoms with Gasteiger partial charge >= 0.3 is 6.09 Å². The molecule has 0 spiro atoms. The Bertz CT molecular complexity index is 1830. The lowest BCUT2D eigenvalue weighted by atomic mass is 9.85. The van der Waals surface area contributed by atoms with E-state index >= 15 is 0 Å². The summed E-state index contributed by atoms with van der Waals surface area (Å²) < 4.78 is 35.1. The van der Waals surface area contributed by atoms with E-state index in [0.29, 0.717) is 19.3 Å². The van der Waals surface area contributed by atoms with Crippen molar-refractivity contribution in [1.82, 2.24) is 29.8 Å². The lowest BCUT2D eigenvalue weighted by Crippen LogP contribution is -2.60. The van der Waals surface area contributed by atoms with Crippen molar-refractivity contribution in [2.24, 2.45) is 16.5 Å². The van der Waals surface area contributed by atoms with E-state index in [4.69, 9.17) is 9.57 Å². The Balaban J connectivity index is 1.23. The molecule has 4 amide bonds. The summed E-state index contributed by atoms with van der Waals surface area (Å²) in [5.41, 5.74) is -0.736. The van der Waals surface area contributed by atoms with Gasteiger partial charge in [-0.2, -0.15) is 0 Å². The van der Waals surface area contributed by atoms with Crippen molar-refractivity contribution in [2.45, 2.75) is 114 Å². The molecule has 1 saturated heterocycles. The van der Waals surface area contributed by atoms with Crippen LogP contribution in [0.2, 0.25) is 0 Å². The zero-order chi connectivity index (χ0) is 38.0. The molecule has 4 fully saturated rings. The topological polar surface area (TPSA) is 190 Å². The van der Waals surface area contributed by atoms with Gasteiger partial charge in [0.2, 0.25) is 21.8 Å². The monoisotopic (exact) mass is 751 g/mol. The van der Waals surface area contributed by atoms with Crippen LogP contribution >= 0.6 is 0 Å². The van der Waals surface area contributed by atoms with Crippen molar-refractivity contribution in [3.63, 3.8) is 0 Å². The van der Waals surface area contributed by atoms with E-state index in [1.165, 1.54) is 11.1 Å². The molecule has 6 rings (SSSR count). The van der Waals surface area contributed by atoms with E-state index in [0.717, 1.165) is 36.9 Å². The molecule has 1 aromatic carbocycles. The van der Waals surface area contributed by atoms with Gasteiger partial charge < -0.3 is 29.7 Å². The summed E-state index contributed by atoms with van der Waals surface area (Å²) in [6.45, 7) is 9.11. The highest BCUT2D eigenvalue weighted by Gasteiger charge is 2.62. The number of allylic oxidation sites excluding steroid dienone is 1. The number of nitrogens with zero attached hydrogens (tertiary/aromatic N) is 4. The van der Waals surface area contributed by atoms with Crippen molar-refractivity contribution in [3.05, 3.63) is 61.2 Å². The van der Waals surface area contributed by atoms with Gasteiger partial charge in [-0.3, -0.25) is 19.1 Å². The van der Waals surface area contributed by atoms with Gasteiger partial charge in [0.15, 0.2) is 0 Å². The number of benzene rings is 1.